The molecule has 0 aliphatic heterocycles. The SMILES string of the molecule is C=CCNc1nc(NC(=O)NC(C)(C)C)c2scc(C)c2n1.Cl. The molecule has 2 aromatic heterocycles. The van der Waals surface area contributed by atoms with Crippen molar-refractivity contribution in [1.82, 2.24) is 15.3 Å². The summed E-state index contributed by atoms with van der Waals surface area (Å²) in [6, 6.07) is -0.284. The number of amides is 2. The molecule has 0 saturated carbocycles. The van der Waals surface area contributed by atoms with E-state index in [1.807, 2.05) is 33.1 Å². The summed E-state index contributed by atoms with van der Waals surface area (Å²) in [5.74, 6) is 0.983. The highest BCUT2D eigenvalue weighted by Gasteiger charge is 2.17. The van der Waals surface area contributed by atoms with Crippen LogP contribution in [0.25, 0.3) is 10.2 Å². The zero-order valence-corrected chi connectivity index (χ0v) is 15.3. The number of nitrogens with one attached hydrogen (secondary N) is 3. The van der Waals surface area contributed by atoms with Gasteiger partial charge in [0.25, 0.3) is 0 Å². The molecule has 2 amide bonds. The van der Waals surface area contributed by atoms with Crippen molar-refractivity contribution in [2.75, 3.05) is 17.2 Å². The highest BCUT2D eigenvalue weighted by molar-refractivity contribution is 7.18. The van der Waals surface area contributed by atoms with Crippen LogP contribution >= 0.6 is 23.7 Å². The van der Waals surface area contributed by atoms with Gasteiger partial charge in [-0.15, -0.1) is 30.3 Å². The summed E-state index contributed by atoms with van der Waals surface area (Å²) in [6.45, 7) is 12.0. The first kappa shape index (κ1) is 19.2. The first-order valence-electron chi connectivity index (χ1n) is 7.00. The molecule has 0 radical (unpaired) electrons. The van der Waals surface area contributed by atoms with Gasteiger partial charge in [-0.3, -0.25) is 5.32 Å². The maximum Gasteiger partial charge on any atom is 0.320 e. The smallest absolute Gasteiger partial charge is 0.320 e. The van der Waals surface area contributed by atoms with Crippen LogP contribution in [-0.2, 0) is 0 Å². The number of anilines is 2. The molecular weight excluding hydrogens is 334 g/mol. The average molecular weight is 356 g/mol. The summed E-state index contributed by atoms with van der Waals surface area (Å²) in [4.78, 5) is 21.0. The normalized spacial score (nSPS) is 10.8. The molecular formula is C15H22ClN5OS. The molecule has 0 atom stereocenters. The van der Waals surface area contributed by atoms with Gasteiger partial charge in [-0.05, 0) is 38.6 Å². The number of halogens is 1. The van der Waals surface area contributed by atoms with E-state index in [4.69, 9.17) is 0 Å². The van der Waals surface area contributed by atoms with Gasteiger partial charge in [0.2, 0.25) is 5.95 Å². The van der Waals surface area contributed by atoms with E-state index < -0.39 is 0 Å². The number of hydrogen-bond acceptors (Lipinski definition) is 5. The van der Waals surface area contributed by atoms with E-state index in [1.54, 1.807) is 6.08 Å². The zero-order chi connectivity index (χ0) is 16.3. The van der Waals surface area contributed by atoms with Crippen LogP contribution in [0.1, 0.15) is 26.3 Å². The van der Waals surface area contributed by atoms with Gasteiger partial charge in [-0.1, -0.05) is 6.08 Å². The molecule has 0 aliphatic carbocycles. The third kappa shape index (κ3) is 5.07. The van der Waals surface area contributed by atoms with Gasteiger partial charge in [0.1, 0.15) is 0 Å². The van der Waals surface area contributed by atoms with Crippen molar-refractivity contribution in [1.29, 1.82) is 0 Å². The minimum absolute atomic E-state index is 0. The third-order valence-corrected chi connectivity index (χ3v) is 3.81. The van der Waals surface area contributed by atoms with Crippen LogP contribution in [0.2, 0.25) is 0 Å². The number of carbonyl (C=O) groups is 1. The minimum Gasteiger partial charge on any atom is -0.351 e. The van der Waals surface area contributed by atoms with Gasteiger partial charge < -0.3 is 10.6 Å². The second-order valence-electron chi connectivity index (χ2n) is 5.99. The van der Waals surface area contributed by atoms with Crippen molar-refractivity contribution in [2.24, 2.45) is 0 Å². The lowest BCUT2D eigenvalue weighted by Crippen LogP contribution is -2.43. The molecule has 0 unspecified atom stereocenters. The molecule has 8 heteroatoms. The van der Waals surface area contributed by atoms with Crippen LogP contribution in [-0.4, -0.2) is 28.1 Å². The molecule has 0 aromatic carbocycles. The number of aromatic nitrogens is 2. The minimum atomic E-state index is -0.314. The number of carbonyl (C=O) groups excluding carboxylic acids is 1. The van der Waals surface area contributed by atoms with Crippen LogP contribution in [0.4, 0.5) is 16.6 Å². The molecule has 0 fully saturated rings. The second-order valence-corrected chi connectivity index (χ2v) is 6.87. The molecule has 6 nitrogen and oxygen atoms in total. The first-order valence-corrected chi connectivity index (χ1v) is 7.88. The Balaban J connectivity index is 0.00000264. The molecule has 2 rings (SSSR count). The number of aryl methyl sites for hydroxylation is 1. The lowest BCUT2D eigenvalue weighted by atomic mass is 10.1. The summed E-state index contributed by atoms with van der Waals surface area (Å²) in [5, 5.41) is 10.7. The van der Waals surface area contributed by atoms with Gasteiger partial charge >= 0.3 is 6.03 Å². The molecule has 0 aliphatic rings. The fraction of sp³-hybridized carbons (Fsp3) is 0.400. The Hall–Kier alpha value is -1.86. The molecule has 0 saturated heterocycles. The number of urea groups is 1. The monoisotopic (exact) mass is 355 g/mol. The standard InChI is InChI=1S/C15H21N5OS.ClH/c1-6-7-16-13-17-10-9(2)8-22-11(10)12(18-13)19-14(21)20-15(3,4)5;/h6,8H,1,7H2,2-5H3,(H3,16,17,18,19,20,21);1H. The van der Waals surface area contributed by atoms with Gasteiger partial charge in [0, 0.05) is 12.1 Å². The lowest BCUT2D eigenvalue weighted by molar-refractivity contribution is 0.244. The summed E-state index contributed by atoms with van der Waals surface area (Å²) >= 11 is 1.52. The van der Waals surface area contributed by atoms with Crippen molar-refractivity contribution < 1.29 is 4.79 Å². The predicted molar refractivity (Wildman–Crippen MR) is 100.0 cm³/mol. The van der Waals surface area contributed by atoms with E-state index in [9.17, 15) is 4.79 Å². The van der Waals surface area contributed by atoms with Crippen molar-refractivity contribution in [3.8, 4) is 0 Å². The summed E-state index contributed by atoms with van der Waals surface area (Å²) in [6.07, 6.45) is 1.73. The average Bonchev–Trinajstić information content (AvgIpc) is 2.76. The molecule has 2 aromatic rings. The fourth-order valence-corrected chi connectivity index (χ4v) is 2.77. The fourth-order valence-electron chi connectivity index (χ4n) is 1.84. The molecule has 2 heterocycles. The molecule has 3 N–H and O–H groups in total. The number of rotatable bonds is 4. The summed E-state index contributed by atoms with van der Waals surface area (Å²) in [5.41, 5.74) is 1.59. The van der Waals surface area contributed by atoms with Crippen LogP contribution in [0.15, 0.2) is 18.0 Å². The summed E-state index contributed by atoms with van der Waals surface area (Å²) < 4.78 is 0.866. The van der Waals surface area contributed by atoms with E-state index >= 15 is 0 Å². The van der Waals surface area contributed by atoms with Crippen molar-refractivity contribution in [3.63, 3.8) is 0 Å². The Labute approximate surface area is 146 Å². The lowest BCUT2D eigenvalue weighted by Gasteiger charge is -2.20. The third-order valence-electron chi connectivity index (χ3n) is 2.72. The van der Waals surface area contributed by atoms with E-state index in [0.29, 0.717) is 18.3 Å². The van der Waals surface area contributed by atoms with E-state index in [-0.39, 0.29) is 24.0 Å². The van der Waals surface area contributed by atoms with Crippen molar-refractivity contribution >= 4 is 51.8 Å². The highest BCUT2D eigenvalue weighted by Crippen LogP contribution is 2.30. The molecule has 126 valence electrons. The topological polar surface area (TPSA) is 78.9 Å². The Morgan fingerprint density at radius 1 is 1.39 bits per heavy atom. The maximum absolute atomic E-state index is 12.1. The van der Waals surface area contributed by atoms with Crippen LogP contribution in [0.5, 0.6) is 0 Å². The van der Waals surface area contributed by atoms with Crippen LogP contribution in [0, 0.1) is 6.92 Å². The molecule has 23 heavy (non-hydrogen) atoms. The van der Waals surface area contributed by atoms with Gasteiger partial charge in [-0.2, -0.15) is 4.98 Å². The number of hydrogen-bond donors (Lipinski definition) is 3. The Kier molecular flexibility index (Phi) is 6.35. The number of thiophene rings is 1. The van der Waals surface area contributed by atoms with E-state index in [2.05, 4.69) is 32.5 Å². The van der Waals surface area contributed by atoms with Crippen molar-refractivity contribution in [3.05, 3.63) is 23.6 Å². The molecule has 0 spiro atoms. The van der Waals surface area contributed by atoms with E-state index in [1.165, 1.54) is 11.3 Å². The molecule has 0 bridgehead atoms. The largest absolute Gasteiger partial charge is 0.351 e. The van der Waals surface area contributed by atoms with E-state index in [0.717, 1.165) is 15.8 Å². The Morgan fingerprint density at radius 2 is 2.09 bits per heavy atom. The summed E-state index contributed by atoms with van der Waals surface area (Å²) in [7, 11) is 0. The first-order chi connectivity index (χ1) is 10.3. The van der Waals surface area contributed by atoms with Crippen LogP contribution < -0.4 is 16.0 Å². The van der Waals surface area contributed by atoms with Gasteiger partial charge in [-0.25, -0.2) is 9.78 Å². The van der Waals surface area contributed by atoms with Crippen LogP contribution in [0.3, 0.4) is 0 Å². The van der Waals surface area contributed by atoms with Gasteiger partial charge in [0.05, 0.1) is 10.2 Å². The zero-order valence-electron chi connectivity index (χ0n) is 13.7. The highest BCUT2D eigenvalue weighted by atomic mass is 35.5. The maximum atomic E-state index is 12.1. The Bertz CT molecular complexity index is 708. The van der Waals surface area contributed by atoms with Gasteiger partial charge in [0.15, 0.2) is 5.82 Å². The predicted octanol–water partition coefficient (Wildman–Crippen LogP) is 3.94. The Morgan fingerprint density at radius 3 is 2.70 bits per heavy atom. The quantitative estimate of drug-likeness (QED) is 0.726. The number of fused-ring (bicyclic) bond motifs is 1. The second kappa shape index (κ2) is 7.61. The number of nitrogens with zero attached hydrogens (tertiary/aromatic N) is 2. The van der Waals surface area contributed by atoms with Crippen molar-refractivity contribution in [2.45, 2.75) is 33.2 Å².